The maximum Gasteiger partial charge on any atom is 0.222 e. The lowest BCUT2D eigenvalue weighted by atomic mass is 10.3. The van der Waals surface area contributed by atoms with Gasteiger partial charge in [-0.05, 0) is 31.0 Å². The van der Waals surface area contributed by atoms with Gasteiger partial charge in [-0.1, -0.05) is 0 Å². The van der Waals surface area contributed by atoms with Gasteiger partial charge in [0.2, 0.25) is 5.91 Å². The number of nitrogens with zero attached hydrogens (tertiary/aromatic N) is 2. The molecule has 1 saturated carbocycles. The third-order valence-electron chi connectivity index (χ3n) is 3.61. The molecule has 1 aromatic carbocycles. The number of fused-ring (bicyclic) bond motifs is 1. The number of carbonyl (C=O) groups is 1. The van der Waals surface area contributed by atoms with Crippen molar-refractivity contribution in [3.05, 3.63) is 29.8 Å². The zero-order valence-corrected chi connectivity index (χ0v) is 12.4. The highest BCUT2D eigenvalue weighted by molar-refractivity contribution is 6.17. The number of hydrogen-bond donors (Lipinski definition) is 1. The number of aryl methyl sites for hydroxylation is 2. The van der Waals surface area contributed by atoms with Crippen molar-refractivity contribution >= 4 is 28.5 Å². The summed E-state index contributed by atoms with van der Waals surface area (Å²) in [6, 6.07) is 4.86. The molecule has 0 aliphatic heterocycles. The Labute approximate surface area is 127 Å². The number of hydrogen-bond acceptors (Lipinski definition) is 2. The molecule has 1 amide bonds. The molecular formula is C15H17ClFN3O. The van der Waals surface area contributed by atoms with Crippen LogP contribution >= 0.6 is 11.6 Å². The summed E-state index contributed by atoms with van der Waals surface area (Å²) < 4.78 is 15.3. The van der Waals surface area contributed by atoms with Gasteiger partial charge in [-0.3, -0.25) is 4.79 Å². The van der Waals surface area contributed by atoms with Crippen LogP contribution in [-0.2, 0) is 17.8 Å². The number of benzene rings is 1. The third-order valence-corrected chi connectivity index (χ3v) is 3.80. The maximum atomic E-state index is 13.4. The van der Waals surface area contributed by atoms with Gasteiger partial charge in [0.15, 0.2) is 0 Å². The molecule has 1 N–H and O–H groups in total. The van der Waals surface area contributed by atoms with Crippen molar-refractivity contribution in [1.29, 1.82) is 0 Å². The molecule has 1 aliphatic rings. The molecule has 0 saturated heterocycles. The first-order valence-corrected chi connectivity index (χ1v) is 7.71. The Morgan fingerprint density at radius 2 is 2.29 bits per heavy atom. The van der Waals surface area contributed by atoms with Gasteiger partial charge in [0.1, 0.15) is 11.6 Å². The Balaban J connectivity index is 1.81. The minimum atomic E-state index is -0.302. The van der Waals surface area contributed by atoms with E-state index in [1.165, 1.54) is 12.1 Å². The van der Waals surface area contributed by atoms with Gasteiger partial charge in [-0.2, -0.15) is 0 Å². The van der Waals surface area contributed by atoms with E-state index in [-0.39, 0.29) is 11.7 Å². The second-order valence-corrected chi connectivity index (χ2v) is 5.72. The van der Waals surface area contributed by atoms with Crippen LogP contribution in [0.3, 0.4) is 0 Å². The normalized spacial score (nSPS) is 14.6. The average Bonchev–Trinajstić information content (AvgIpc) is 3.19. The molecule has 0 unspecified atom stereocenters. The van der Waals surface area contributed by atoms with Crippen LogP contribution in [0.1, 0.15) is 25.1 Å². The summed E-state index contributed by atoms with van der Waals surface area (Å²) in [5, 5.41) is 2.95. The first-order chi connectivity index (χ1) is 10.2. The van der Waals surface area contributed by atoms with E-state index in [1.807, 2.05) is 4.57 Å². The minimum Gasteiger partial charge on any atom is -0.353 e. The fourth-order valence-corrected chi connectivity index (χ4v) is 2.58. The topological polar surface area (TPSA) is 46.9 Å². The molecule has 0 spiro atoms. The standard InChI is InChI=1S/C15H17ClFN3O/c16-7-5-14-19-12-4-1-10(17)9-13(12)20(14)8-6-15(21)18-11-2-3-11/h1,4,9,11H,2-3,5-8H2,(H,18,21). The number of imidazole rings is 1. The summed E-state index contributed by atoms with van der Waals surface area (Å²) in [5.41, 5.74) is 1.45. The van der Waals surface area contributed by atoms with E-state index in [0.29, 0.717) is 36.8 Å². The van der Waals surface area contributed by atoms with Crippen LogP contribution in [0.2, 0.25) is 0 Å². The van der Waals surface area contributed by atoms with Crippen molar-refractivity contribution in [2.45, 2.75) is 38.3 Å². The van der Waals surface area contributed by atoms with E-state index in [0.717, 1.165) is 24.2 Å². The second kappa shape index (κ2) is 6.02. The SMILES string of the molecule is O=C(CCn1c(CCCl)nc2ccc(F)cc21)NC1CC1. The second-order valence-electron chi connectivity index (χ2n) is 5.34. The van der Waals surface area contributed by atoms with E-state index >= 15 is 0 Å². The fraction of sp³-hybridized carbons (Fsp3) is 0.467. The summed E-state index contributed by atoms with van der Waals surface area (Å²) >= 11 is 5.80. The van der Waals surface area contributed by atoms with E-state index in [4.69, 9.17) is 11.6 Å². The van der Waals surface area contributed by atoms with Crippen molar-refractivity contribution in [2.75, 3.05) is 5.88 Å². The van der Waals surface area contributed by atoms with Gasteiger partial charge in [0, 0.05) is 31.3 Å². The van der Waals surface area contributed by atoms with Gasteiger partial charge in [-0.15, -0.1) is 11.6 Å². The zero-order chi connectivity index (χ0) is 14.8. The van der Waals surface area contributed by atoms with Crippen LogP contribution in [0.4, 0.5) is 4.39 Å². The Kier molecular flexibility index (Phi) is 4.10. The Morgan fingerprint density at radius 3 is 3.00 bits per heavy atom. The molecule has 1 aromatic heterocycles. The van der Waals surface area contributed by atoms with Gasteiger partial charge < -0.3 is 9.88 Å². The fourth-order valence-electron chi connectivity index (χ4n) is 2.41. The Hall–Kier alpha value is -1.62. The number of amides is 1. The highest BCUT2D eigenvalue weighted by Crippen LogP contribution is 2.20. The van der Waals surface area contributed by atoms with E-state index in [2.05, 4.69) is 10.3 Å². The molecule has 1 fully saturated rings. The summed E-state index contributed by atoms with van der Waals surface area (Å²) in [5.74, 6) is 0.973. The van der Waals surface area contributed by atoms with Crippen LogP contribution in [0.25, 0.3) is 11.0 Å². The summed E-state index contributed by atoms with van der Waals surface area (Å²) in [6.45, 7) is 0.491. The third kappa shape index (κ3) is 3.35. The van der Waals surface area contributed by atoms with Crippen LogP contribution in [0.5, 0.6) is 0 Å². The molecule has 3 rings (SSSR count). The predicted octanol–water partition coefficient (Wildman–Crippen LogP) is 2.63. The molecule has 0 radical (unpaired) electrons. The average molecular weight is 310 g/mol. The molecule has 0 bridgehead atoms. The number of aromatic nitrogens is 2. The molecule has 1 aliphatic carbocycles. The molecule has 112 valence electrons. The van der Waals surface area contributed by atoms with E-state index in [9.17, 15) is 9.18 Å². The monoisotopic (exact) mass is 309 g/mol. The van der Waals surface area contributed by atoms with Gasteiger partial charge in [0.25, 0.3) is 0 Å². The molecule has 6 heteroatoms. The van der Waals surface area contributed by atoms with Crippen molar-refractivity contribution < 1.29 is 9.18 Å². The van der Waals surface area contributed by atoms with Crippen LogP contribution in [-0.4, -0.2) is 27.4 Å². The Bertz CT molecular complexity index is 666. The van der Waals surface area contributed by atoms with Gasteiger partial charge in [0.05, 0.1) is 11.0 Å². The molecule has 2 aromatic rings. The maximum absolute atomic E-state index is 13.4. The number of carbonyl (C=O) groups excluding carboxylic acids is 1. The van der Waals surface area contributed by atoms with E-state index in [1.54, 1.807) is 6.07 Å². The van der Waals surface area contributed by atoms with Crippen molar-refractivity contribution in [2.24, 2.45) is 0 Å². The highest BCUT2D eigenvalue weighted by atomic mass is 35.5. The number of nitrogens with one attached hydrogen (secondary N) is 1. The quantitative estimate of drug-likeness (QED) is 0.834. The van der Waals surface area contributed by atoms with Crippen LogP contribution in [0.15, 0.2) is 18.2 Å². The van der Waals surface area contributed by atoms with Gasteiger partial charge >= 0.3 is 0 Å². The minimum absolute atomic E-state index is 0.0348. The lowest BCUT2D eigenvalue weighted by molar-refractivity contribution is -0.121. The van der Waals surface area contributed by atoms with Crippen molar-refractivity contribution in [3.8, 4) is 0 Å². The molecule has 0 atom stereocenters. The molecule has 4 nitrogen and oxygen atoms in total. The summed E-state index contributed by atoms with van der Waals surface area (Å²) in [6.07, 6.45) is 3.11. The summed E-state index contributed by atoms with van der Waals surface area (Å²) in [4.78, 5) is 16.3. The summed E-state index contributed by atoms with van der Waals surface area (Å²) in [7, 11) is 0. The van der Waals surface area contributed by atoms with Gasteiger partial charge in [-0.25, -0.2) is 9.37 Å². The largest absolute Gasteiger partial charge is 0.353 e. The first kappa shape index (κ1) is 14.3. The number of rotatable bonds is 6. The van der Waals surface area contributed by atoms with Crippen LogP contribution < -0.4 is 5.32 Å². The van der Waals surface area contributed by atoms with E-state index < -0.39 is 0 Å². The zero-order valence-electron chi connectivity index (χ0n) is 11.6. The smallest absolute Gasteiger partial charge is 0.222 e. The predicted molar refractivity (Wildman–Crippen MR) is 79.9 cm³/mol. The Morgan fingerprint density at radius 1 is 1.48 bits per heavy atom. The molecule has 1 heterocycles. The lowest BCUT2D eigenvalue weighted by Crippen LogP contribution is -2.26. The molecular weight excluding hydrogens is 293 g/mol. The highest BCUT2D eigenvalue weighted by Gasteiger charge is 2.23. The van der Waals surface area contributed by atoms with Crippen molar-refractivity contribution in [1.82, 2.24) is 14.9 Å². The number of alkyl halides is 1. The first-order valence-electron chi connectivity index (χ1n) is 7.17. The molecule has 21 heavy (non-hydrogen) atoms. The lowest BCUT2D eigenvalue weighted by Gasteiger charge is -2.09. The van der Waals surface area contributed by atoms with Crippen LogP contribution in [0, 0.1) is 5.82 Å². The number of halogens is 2. The van der Waals surface area contributed by atoms with Crippen molar-refractivity contribution in [3.63, 3.8) is 0 Å².